The lowest BCUT2D eigenvalue weighted by Crippen LogP contribution is -2.24. The molecule has 2 aliphatic rings. The van der Waals surface area contributed by atoms with Gasteiger partial charge in [0.25, 0.3) is 5.91 Å². The molecule has 1 aliphatic carbocycles. The number of benzene rings is 1. The molecule has 0 bridgehead atoms. The Hall–Kier alpha value is -3.46. The van der Waals surface area contributed by atoms with Crippen LogP contribution in [0.3, 0.4) is 0 Å². The number of hydrogen-bond donors (Lipinski definition) is 2. The highest BCUT2D eigenvalue weighted by atomic mass is 32.2. The van der Waals surface area contributed by atoms with Gasteiger partial charge in [-0.3, -0.25) is 10.1 Å². The Kier molecular flexibility index (Phi) is 7.25. The molecular formula is C25H24N6O5S3. The molecule has 202 valence electrons. The number of hydrogen-bond acceptors (Lipinski definition) is 12. The Morgan fingerprint density at radius 3 is 2.69 bits per heavy atom. The van der Waals surface area contributed by atoms with Gasteiger partial charge in [0.05, 0.1) is 10.1 Å². The second-order valence-corrected chi connectivity index (χ2v) is 13.3. The zero-order valence-corrected chi connectivity index (χ0v) is 23.0. The van der Waals surface area contributed by atoms with Gasteiger partial charge in [0.15, 0.2) is 27.3 Å². The molecule has 0 spiro atoms. The molecule has 1 aliphatic heterocycles. The van der Waals surface area contributed by atoms with Crippen molar-refractivity contribution < 1.29 is 22.8 Å². The van der Waals surface area contributed by atoms with Crippen molar-refractivity contribution >= 4 is 59.6 Å². The fourth-order valence-electron chi connectivity index (χ4n) is 4.05. The Morgan fingerprint density at radius 1 is 1.13 bits per heavy atom. The van der Waals surface area contributed by atoms with E-state index in [9.17, 15) is 13.2 Å². The summed E-state index contributed by atoms with van der Waals surface area (Å²) in [5.41, 5.74) is 1.01. The average Bonchev–Trinajstić information content (AvgIpc) is 3.26. The standard InChI is InChI=1S/C25H24N6O5S3/c32-23(30-25-28-19-7-8-20(29-24(19)38-25)36-16-9-10-26-13-16)22(31-35-14-21-27-11-12-37-21)15-1-3-17(4-2-15)39(33,34)18-5-6-18/h1-4,7-8,11-12,16,18,26H,5-6,9-10,13-14H2,(H,28,30,32)/b31-22+/t16-/m1/s1. The summed E-state index contributed by atoms with van der Waals surface area (Å²) in [6.07, 6.45) is 4.00. The molecule has 39 heavy (non-hydrogen) atoms. The molecule has 2 N–H and O–H groups in total. The SMILES string of the molecule is O=C(Nc1nc2ccc(O[C@@H]3CCNC3)nc2s1)/C(=N/OCc1nccs1)c1ccc(S(=O)(=O)C2CC2)cc1. The van der Waals surface area contributed by atoms with E-state index in [1.54, 1.807) is 30.5 Å². The number of anilines is 1. The largest absolute Gasteiger partial charge is 0.473 e. The van der Waals surface area contributed by atoms with Crippen molar-refractivity contribution in [3.63, 3.8) is 0 Å². The van der Waals surface area contributed by atoms with Crippen LogP contribution in [0.25, 0.3) is 10.3 Å². The maximum absolute atomic E-state index is 13.3. The van der Waals surface area contributed by atoms with E-state index in [1.165, 1.54) is 34.8 Å². The van der Waals surface area contributed by atoms with E-state index in [0.717, 1.165) is 19.5 Å². The predicted molar refractivity (Wildman–Crippen MR) is 148 cm³/mol. The lowest BCUT2D eigenvalue weighted by Gasteiger charge is -2.10. The van der Waals surface area contributed by atoms with Crippen LogP contribution in [-0.4, -0.2) is 59.4 Å². The molecular weight excluding hydrogens is 561 g/mol. The highest BCUT2D eigenvalue weighted by Gasteiger charge is 2.36. The molecule has 1 aromatic carbocycles. The quantitative estimate of drug-likeness (QED) is 0.212. The summed E-state index contributed by atoms with van der Waals surface area (Å²) in [6, 6.07) is 9.68. The minimum Gasteiger partial charge on any atom is -0.473 e. The Labute approximate surface area is 232 Å². The Morgan fingerprint density at radius 2 is 1.97 bits per heavy atom. The first kappa shape index (κ1) is 25.8. The topological polar surface area (TPSA) is 145 Å². The van der Waals surface area contributed by atoms with Crippen molar-refractivity contribution in [3.05, 3.63) is 58.5 Å². The molecule has 1 amide bonds. The summed E-state index contributed by atoms with van der Waals surface area (Å²) in [6.45, 7) is 1.79. The molecule has 1 atom stereocenters. The van der Waals surface area contributed by atoms with Crippen LogP contribution in [0.1, 0.15) is 29.8 Å². The second-order valence-electron chi connectivity index (χ2n) is 9.09. The van der Waals surface area contributed by atoms with Gasteiger partial charge in [0.2, 0.25) is 5.88 Å². The number of carbonyl (C=O) groups is 1. The third kappa shape index (κ3) is 5.93. The number of nitrogens with one attached hydrogen (secondary N) is 2. The number of ether oxygens (including phenoxy) is 1. The number of nitrogens with zero attached hydrogens (tertiary/aromatic N) is 4. The van der Waals surface area contributed by atoms with Gasteiger partial charge in [-0.15, -0.1) is 11.3 Å². The van der Waals surface area contributed by atoms with E-state index in [-0.39, 0.29) is 28.6 Å². The minimum absolute atomic E-state index is 0.0214. The van der Waals surface area contributed by atoms with E-state index in [4.69, 9.17) is 9.57 Å². The molecule has 1 saturated heterocycles. The number of oxime groups is 1. The van der Waals surface area contributed by atoms with Gasteiger partial charge >= 0.3 is 0 Å². The molecule has 0 radical (unpaired) electrons. The fraction of sp³-hybridized carbons (Fsp3) is 0.320. The van der Waals surface area contributed by atoms with Crippen LogP contribution < -0.4 is 15.4 Å². The molecule has 1 saturated carbocycles. The van der Waals surface area contributed by atoms with Crippen molar-refractivity contribution in [2.45, 2.75) is 42.1 Å². The highest BCUT2D eigenvalue weighted by molar-refractivity contribution is 7.92. The van der Waals surface area contributed by atoms with Crippen molar-refractivity contribution in [3.8, 4) is 5.88 Å². The van der Waals surface area contributed by atoms with E-state index in [2.05, 4.69) is 30.7 Å². The van der Waals surface area contributed by atoms with Crippen LogP contribution in [0.2, 0.25) is 0 Å². The number of thiazole rings is 2. The minimum atomic E-state index is -3.36. The summed E-state index contributed by atoms with van der Waals surface area (Å²) < 4.78 is 31.1. The number of pyridine rings is 1. The summed E-state index contributed by atoms with van der Waals surface area (Å²) >= 11 is 2.62. The first-order chi connectivity index (χ1) is 19.0. The van der Waals surface area contributed by atoms with Gasteiger partial charge in [-0.1, -0.05) is 28.6 Å². The molecule has 4 heterocycles. The molecule has 2 fully saturated rings. The molecule has 4 aromatic rings. The van der Waals surface area contributed by atoms with Gasteiger partial charge in [-0.05, 0) is 44.0 Å². The molecule has 0 unspecified atom stereocenters. The van der Waals surface area contributed by atoms with Crippen LogP contribution in [0.4, 0.5) is 5.13 Å². The van der Waals surface area contributed by atoms with Crippen LogP contribution in [0.15, 0.2) is 58.0 Å². The summed E-state index contributed by atoms with van der Waals surface area (Å²) in [7, 11) is -3.36. The van der Waals surface area contributed by atoms with Crippen LogP contribution >= 0.6 is 22.7 Å². The lowest BCUT2D eigenvalue weighted by atomic mass is 10.1. The number of sulfone groups is 1. The molecule has 3 aromatic heterocycles. The van der Waals surface area contributed by atoms with Crippen molar-refractivity contribution in [2.75, 3.05) is 18.4 Å². The van der Waals surface area contributed by atoms with Crippen molar-refractivity contribution in [1.82, 2.24) is 20.3 Å². The molecule has 14 heteroatoms. The summed E-state index contributed by atoms with van der Waals surface area (Å²) in [4.78, 5) is 32.8. The van der Waals surface area contributed by atoms with Crippen LogP contribution in [0, 0.1) is 0 Å². The lowest BCUT2D eigenvalue weighted by molar-refractivity contribution is -0.110. The highest BCUT2D eigenvalue weighted by Crippen LogP contribution is 2.33. The zero-order valence-electron chi connectivity index (χ0n) is 20.6. The number of amides is 1. The second kappa shape index (κ2) is 11.0. The van der Waals surface area contributed by atoms with Crippen molar-refractivity contribution in [1.29, 1.82) is 0 Å². The maximum Gasteiger partial charge on any atom is 0.280 e. The van der Waals surface area contributed by atoms with E-state index in [1.807, 2.05) is 5.38 Å². The van der Waals surface area contributed by atoms with Crippen molar-refractivity contribution in [2.24, 2.45) is 5.16 Å². The third-order valence-electron chi connectivity index (χ3n) is 6.21. The monoisotopic (exact) mass is 584 g/mol. The maximum atomic E-state index is 13.3. The first-order valence-electron chi connectivity index (χ1n) is 12.3. The van der Waals surface area contributed by atoms with E-state index < -0.39 is 15.7 Å². The first-order valence-corrected chi connectivity index (χ1v) is 15.6. The number of aromatic nitrogens is 3. The number of fused-ring (bicyclic) bond motifs is 1. The third-order valence-corrected chi connectivity index (χ3v) is 10.1. The smallest absolute Gasteiger partial charge is 0.280 e. The van der Waals surface area contributed by atoms with Crippen LogP contribution in [-0.2, 0) is 26.1 Å². The van der Waals surface area contributed by atoms with Crippen LogP contribution in [0.5, 0.6) is 5.88 Å². The average molecular weight is 585 g/mol. The predicted octanol–water partition coefficient (Wildman–Crippen LogP) is 3.38. The molecule has 11 nitrogen and oxygen atoms in total. The Bertz CT molecular complexity index is 1610. The fourth-order valence-corrected chi connectivity index (χ4v) is 7.05. The normalized spacial score (nSPS) is 17.8. The van der Waals surface area contributed by atoms with E-state index in [0.29, 0.717) is 44.8 Å². The zero-order chi connectivity index (χ0) is 26.8. The number of rotatable bonds is 10. The van der Waals surface area contributed by atoms with Gasteiger partial charge in [0.1, 0.15) is 21.5 Å². The molecule has 6 rings (SSSR count). The van der Waals surface area contributed by atoms with Gasteiger partial charge in [0, 0.05) is 29.8 Å². The number of carbonyl (C=O) groups excluding carboxylic acids is 1. The summed E-state index contributed by atoms with van der Waals surface area (Å²) in [5.74, 6) is -0.0451. The summed E-state index contributed by atoms with van der Waals surface area (Å²) in [5, 5.41) is 12.6. The van der Waals surface area contributed by atoms with E-state index >= 15 is 0 Å². The van der Waals surface area contributed by atoms with Gasteiger partial charge in [-0.25, -0.2) is 23.4 Å². The Balaban J connectivity index is 1.22. The van der Waals surface area contributed by atoms with Gasteiger partial charge < -0.3 is 14.9 Å². The van der Waals surface area contributed by atoms with Gasteiger partial charge in [-0.2, -0.15) is 0 Å².